The van der Waals surface area contributed by atoms with Crippen LogP contribution in [0.5, 0.6) is 0 Å². The highest BCUT2D eigenvalue weighted by molar-refractivity contribution is 6.03. The first-order chi connectivity index (χ1) is 15.9. The summed E-state index contributed by atoms with van der Waals surface area (Å²) >= 11 is 0. The zero-order valence-electron chi connectivity index (χ0n) is 22.3. The van der Waals surface area contributed by atoms with Gasteiger partial charge in [0.2, 0.25) is 0 Å². The summed E-state index contributed by atoms with van der Waals surface area (Å²) in [5.74, 6) is -2.48. The minimum absolute atomic E-state index is 0.180. The Labute approximate surface area is 210 Å². The Balaban J connectivity index is 6.17. The molecule has 0 radical (unpaired) electrons. The van der Waals surface area contributed by atoms with Crippen LogP contribution in [0.4, 0.5) is 22.8 Å². The number of amides is 3. The minimum Gasteiger partial charge on any atom is -0.458 e. The number of carbonyl (C=O) groups is 4. The van der Waals surface area contributed by atoms with Gasteiger partial charge in [0.05, 0.1) is 0 Å². The van der Waals surface area contributed by atoms with Crippen LogP contribution in [0.1, 0.15) is 68.7 Å². The number of rotatable bonds is 7. The van der Waals surface area contributed by atoms with Crippen molar-refractivity contribution >= 4 is 24.1 Å². The predicted octanol–water partition coefficient (Wildman–Crippen LogP) is 5.05. The average molecular weight is 523 g/mol. The van der Waals surface area contributed by atoms with Gasteiger partial charge in [-0.3, -0.25) is 4.79 Å². The maximum absolute atomic E-state index is 13.6. The zero-order chi connectivity index (χ0) is 28.9. The third-order valence-corrected chi connectivity index (χ3v) is 3.78. The molecule has 2 atom stereocenters. The fourth-order valence-electron chi connectivity index (χ4n) is 2.54. The summed E-state index contributed by atoms with van der Waals surface area (Å²) in [4.78, 5) is 50.5. The Hall–Kier alpha value is -3.05. The molecule has 0 aliphatic carbocycles. The highest BCUT2D eigenvalue weighted by atomic mass is 19.4. The van der Waals surface area contributed by atoms with Crippen LogP contribution in [0.3, 0.4) is 0 Å². The molecule has 0 aromatic heterocycles. The Bertz CT molecular complexity index is 863. The maximum atomic E-state index is 13.6. The molecule has 12 heteroatoms. The number of hydrogen-bond donors (Lipinski definition) is 1. The number of nitrogens with zero attached hydrogens (tertiary/aromatic N) is 1. The van der Waals surface area contributed by atoms with Crippen molar-refractivity contribution in [3.8, 4) is 0 Å². The molecule has 0 saturated heterocycles. The van der Waals surface area contributed by atoms with Crippen molar-refractivity contribution < 1.29 is 46.6 Å². The van der Waals surface area contributed by atoms with Gasteiger partial charge in [-0.1, -0.05) is 12.7 Å². The lowest BCUT2D eigenvalue weighted by atomic mass is 10.0. The van der Waals surface area contributed by atoms with Crippen molar-refractivity contribution in [3.63, 3.8) is 0 Å². The van der Waals surface area contributed by atoms with Crippen molar-refractivity contribution in [2.24, 2.45) is 0 Å². The van der Waals surface area contributed by atoms with E-state index in [1.807, 2.05) is 0 Å². The summed E-state index contributed by atoms with van der Waals surface area (Å²) in [7, 11) is 0. The minimum atomic E-state index is -5.08. The van der Waals surface area contributed by atoms with Gasteiger partial charge in [-0.15, -0.1) is 6.58 Å². The van der Waals surface area contributed by atoms with Crippen LogP contribution in [-0.4, -0.2) is 64.0 Å². The van der Waals surface area contributed by atoms with Gasteiger partial charge in [-0.05, 0) is 62.3 Å². The van der Waals surface area contributed by atoms with Crippen LogP contribution < -0.4 is 5.32 Å². The molecule has 36 heavy (non-hydrogen) atoms. The first kappa shape index (κ1) is 33.0. The molecular formula is C24H37F3N2O7. The quantitative estimate of drug-likeness (QED) is 0.216. The average Bonchev–Trinajstić information content (AvgIpc) is 2.59. The first-order valence-corrected chi connectivity index (χ1v) is 11.0. The van der Waals surface area contributed by atoms with Gasteiger partial charge >= 0.3 is 24.3 Å². The van der Waals surface area contributed by atoms with Gasteiger partial charge in [0.25, 0.3) is 5.91 Å². The SMILES string of the molecule is C=CC(N(C(=O)OC(C)(C)C)C(=O)C(=C)C[C@H](NC(=O)OC(C)(C)C)C(=O)OC(C)(C)C)C(F)(F)F. The molecular weight excluding hydrogens is 485 g/mol. The monoisotopic (exact) mass is 522 g/mol. The summed E-state index contributed by atoms with van der Waals surface area (Å²) in [5.41, 5.74) is -3.77. The molecule has 0 bridgehead atoms. The summed E-state index contributed by atoms with van der Waals surface area (Å²) in [5, 5.41) is 2.24. The van der Waals surface area contributed by atoms with Crippen LogP contribution in [0, 0.1) is 0 Å². The summed E-state index contributed by atoms with van der Waals surface area (Å²) < 4.78 is 56.3. The summed E-state index contributed by atoms with van der Waals surface area (Å²) in [6, 6.07) is -4.31. The van der Waals surface area contributed by atoms with Gasteiger partial charge in [-0.2, -0.15) is 13.2 Å². The van der Waals surface area contributed by atoms with Crippen LogP contribution in [0.2, 0.25) is 0 Å². The van der Waals surface area contributed by atoms with E-state index in [1.54, 1.807) is 41.5 Å². The van der Waals surface area contributed by atoms with Crippen molar-refractivity contribution in [2.45, 2.75) is 104 Å². The van der Waals surface area contributed by atoms with Crippen molar-refractivity contribution in [3.05, 3.63) is 24.8 Å². The molecule has 3 amide bonds. The molecule has 0 heterocycles. The van der Waals surface area contributed by atoms with Crippen molar-refractivity contribution in [1.29, 1.82) is 0 Å². The molecule has 0 saturated carbocycles. The van der Waals surface area contributed by atoms with Crippen LogP contribution in [-0.2, 0) is 23.8 Å². The van der Waals surface area contributed by atoms with Crippen LogP contribution in [0.25, 0.3) is 0 Å². The second-order valence-corrected chi connectivity index (χ2v) is 10.9. The number of alkyl halides is 3. The molecule has 206 valence electrons. The number of hydrogen-bond acceptors (Lipinski definition) is 7. The number of carbonyl (C=O) groups excluding carboxylic acids is 4. The topological polar surface area (TPSA) is 111 Å². The standard InChI is InChI=1S/C24H37F3N2O7/c1-12-16(24(25,26)27)29(20(33)36-23(9,10)11)17(30)14(2)13-15(18(31)34-21(3,4)5)28-19(32)35-22(6,7)8/h12,15-16H,1-2,13H2,3-11H3,(H,28,32)/t15-,16?/m0/s1. The molecule has 1 unspecified atom stereocenters. The van der Waals surface area contributed by atoms with Gasteiger partial charge in [0.15, 0.2) is 6.04 Å². The van der Waals surface area contributed by atoms with Gasteiger partial charge in [-0.25, -0.2) is 19.3 Å². The largest absolute Gasteiger partial charge is 0.458 e. The summed E-state index contributed by atoms with van der Waals surface area (Å²) in [6.45, 7) is 20.1. The highest BCUT2D eigenvalue weighted by Crippen LogP contribution is 2.29. The molecule has 0 aliphatic heterocycles. The van der Waals surface area contributed by atoms with E-state index in [9.17, 15) is 32.3 Å². The molecule has 1 N–H and O–H groups in total. The maximum Gasteiger partial charge on any atom is 0.418 e. The molecule has 0 spiro atoms. The first-order valence-electron chi connectivity index (χ1n) is 11.0. The normalized spacial score (nSPS) is 14.1. The number of nitrogens with one attached hydrogen (secondary N) is 1. The molecule has 0 fully saturated rings. The van der Waals surface area contributed by atoms with E-state index in [4.69, 9.17) is 14.2 Å². The van der Waals surface area contributed by atoms with E-state index in [2.05, 4.69) is 18.5 Å². The molecule has 0 rings (SSSR count). The van der Waals surface area contributed by atoms with Crippen LogP contribution in [0.15, 0.2) is 24.8 Å². The predicted molar refractivity (Wildman–Crippen MR) is 126 cm³/mol. The van der Waals surface area contributed by atoms with E-state index >= 15 is 0 Å². The third kappa shape index (κ3) is 12.1. The lowest BCUT2D eigenvalue weighted by Gasteiger charge is -2.32. The second kappa shape index (κ2) is 11.8. The Morgan fingerprint density at radius 1 is 0.861 bits per heavy atom. The number of imide groups is 1. The lowest BCUT2D eigenvalue weighted by molar-refractivity contribution is -0.174. The van der Waals surface area contributed by atoms with Crippen molar-refractivity contribution in [2.75, 3.05) is 0 Å². The third-order valence-electron chi connectivity index (χ3n) is 3.78. The van der Waals surface area contributed by atoms with E-state index in [1.165, 1.54) is 20.8 Å². The van der Waals surface area contributed by atoms with E-state index < -0.39 is 71.1 Å². The summed E-state index contributed by atoms with van der Waals surface area (Å²) in [6.07, 6.45) is -8.03. The molecule has 9 nitrogen and oxygen atoms in total. The van der Waals surface area contributed by atoms with E-state index in [0.29, 0.717) is 6.08 Å². The number of alkyl carbamates (subject to hydrolysis) is 1. The van der Waals surface area contributed by atoms with Gasteiger partial charge < -0.3 is 19.5 Å². The fourth-order valence-corrected chi connectivity index (χ4v) is 2.54. The zero-order valence-corrected chi connectivity index (χ0v) is 22.3. The molecule has 0 aromatic carbocycles. The van der Waals surface area contributed by atoms with Gasteiger partial charge in [0, 0.05) is 12.0 Å². The highest BCUT2D eigenvalue weighted by Gasteiger charge is 2.48. The van der Waals surface area contributed by atoms with E-state index in [-0.39, 0.29) is 4.90 Å². The molecule has 0 aromatic rings. The fraction of sp³-hybridized carbons (Fsp3) is 0.667. The van der Waals surface area contributed by atoms with Crippen LogP contribution >= 0.6 is 0 Å². The van der Waals surface area contributed by atoms with Crippen molar-refractivity contribution in [1.82, 2.24) is 10.2 Å². The number of halogens is 3. The smallest absolute Gasteiger partial charge is 0.418 e. The number of esters is 1. The Morgan fingerprint density at radius 3 is 1.67 bits per heavy atom. The molecule has 0 aliphatic rings. The van der Waals surface area contributed by atoms with Gasteiger partial charge in [0.1, 0.15) is 22.8 Å². The number of ether oxygens (including phenoxy) is 3. The Kier molecular flexibility index (Phi) is 10.8. The lowest BCUT2D eigenvalue weighted by Crippen LogP contribution is -2.53. The second-order valence-electron chi connectivity index (χ2n) is 10.9. The Morgan fingerprint density at radius 2 is 1.31 bits per heavy atom. The van der Waals surface area contributed by atoms with E-state index in [0.717, 1.165) is 0 Å².